The van der Waals surface area contributed by atoms with Gasteiger partial charge in [-0.25, -0.2) is 4.98 Å². The highest BCUT2D eigenvalue weighted by Crippen LogP contribution is 2.26. The number of nitrogens with two attached hydrogens (primary N) is 1. The number of hydrogen-bond acceptors (Lipinski definition) is 3. The van der Waals surface area contributed by atoms with E-state index in [-0.39, 0.29) is 6.04 Å². The molecule has 0 aliphatic heterocycles. The van der Waals surface area contributed by atoms with E-state index in [0.29, 0.717) is 0 Å². The van der Waals surface area contributed by atoms with Gasteiger partial charge in [0.25, 0.3) is 0 Å². The zero-order valence-electron chi connectivity index (χ0n) is 12.9. The van der Waals surface area contributed by atoms with Gasteiger partial charge in [-0.15, -0.1) is 11.3 Å². The minimum Gasteiger partial charge on any atom is -0.324 e. The summed E-state index contributed by atoms with van der Waals surface area (Å²) in [4.78, 5) is 4.73. The molecular weight excluding hydrogens is 288 g/mol. The quantitative estimate of drug-likeness (QED) is 0.760. The fraction of sp³-hybridized carbons (Fsp3) is 0.211. The van der Waals surface area contributed by atoms with E-state index in [1.807, 2.05) is 18.2 Å². The summed E-state index contributed by atoms with van der Waals surface area (Å²) in [5.41, 5.74) is 12.3. The van der Waals surface area contributed by atoms with Gasteiger partial charge in [0.1, 0.15) is 0 Å². The topological polar surface area (TPSA) is 38.9 Å². The Hall–Kier alpha value is -1.97. The van der Waals surface area contributed by atoms with Crippen LogP contribution in [0.25, 0.3) is 11.3 Å². The summed E-state index contributed by atoms with van der Waals surface area (Å²) in [6.45, 7) is 4.23. The highest BCUT2D eigenvalue weighted by molar-refractivity contribution is 7.09. The lowest BCUT2D eigenvalue weighted by Gasteiger charge is -2.14. The second kappa shape index (κ2) is 6.42. The van der Waals surface area contributed by atoms with Gasteiger partial charge in [-0.3, -0.25) is 0 Å². The lowest BCUT2D eigenvalue weighted by molar-refractivity contribution is 0.713. The molecule has 3 aromatic rings. The van der Waals surface area contributed by atoms with E-state index < -0.39 is 0 Å². The number of aromatic nitrogens is 1. The molecule has 2 N–H and O–H groups in total. The van der Waals surface area contributed by atoms with Gasteiger partial charge >= 0.3 is 0 Å². The summed E-state index contributed by atoms with van der Waals surface area (Å²) in [6, 6.07) is 16.7. The second-order valence-corrected chi connectivity index (χ2v) is 6.61. The standard InChI is InChI=1S/C19H20N2S/c1-13-8-9-16(14(2)10-13)17(20)11-19-21-18(12-22-19)15-6-4-3-5-7-15/h3-10,12,17H,11,20H2,1-2H3. The van der Waals surface area contributed by atoms with E-state index in [1.54, 1.807) is 11.3 Å². The molecule has 112 valence electrons. The zero-order chi connectivity index (χ0) is 15.5. The maximum absolute atomic E-state index is 6.39. The first-order valence-electron chi connectivity index (χ1n) is 7.46. The Bertz CT molecular complexity index is 762. The number of aryl methyl sites for hydroxylation is 2. The molecule has 3 heteroatoms. The van der Waals surface area contributed by atoms with Crippen molar-refractivity contribution in [1.82, 2.24) is 4.98 Å². The normalized spacial score (nSPS) is 12.3. The van der Waals surface area contributed by atoms with Crippen molar-refractivity contribution in [3.05, 3.63) is 75.6 Å². The van der Waals surface area contributed by atoms with Crippen LogP contribution in [-0.4, -0.2) is 4.98 Å². The van der Waals surface area contributed by atoms with Crippen LogP contribution >= 0.6 is 11.3 Å². The average molecular weight is 308 g/mol. The number of rotatable bonds is 4. The van der Waals surface area contributed by atoms with Gasteiger partial charge in [0.05, 0.1) is 10.7 Å². The van der Waals surface area contributed by atoms with Crippen molar-refractivity contribution < 1.29 is 0 Å². The lowest BCUT2D eigenvalue weighted by Crippen LogP contribution is -2.14. The first-order chi connectivity index (χ1) is 10.6. The molecule has 2 nitrogen and oxygen atoms in total. The summed E-state index contributed by atoms with van der Waals surface area (Å²) < 4.78 is 0. The van der Waals surface area contributed by atoms with E-state index in [4.69, 9.17) is 10.7 Å². The summed E-state index contributed by atoms with van der Waals surface area (Å²) in [5, 5.41) is 3.20. The highest BCUT2D eigenvalue weighted by atomic mass is 32.1. The number of thiazole rings is 1. The van der Waals surface area contributed by atoms with Crippen molar-refractivity contribution >= 4 is 11.3 Å². The molecule has 0 bridgehead atoms. The number of benzene rings is 2. The Balaban J connectivity index is 1.77. The molecule has 1 heterocycles. The van der Waals surface area contributed by atoms with E-state index in [1.165, 1.54) is 16.7 Å². The van der Waals surface area contributed by atoms with Crippen LogP contribution in [0.1, 0.15) is 27.7 Å². The molecule has 0 radical (unpaired) electrons. The highest BCUT2D eigenvalue weighted by Gasteiger charge is 2.13. The maximum Gasteiger partial charge on any atom is 0.0951 e. The van der Waals surface area contributed by atoms with Crippen molar-refractivity contribution in [2.75, 3.05) is 0 Å². The Morgan fingerprint density at radius 2 is 1.86 bits per heavy atom. The third-order valence-electron chi connectivity index (χ3n) is 3.84. The Morgan fingerprint density at radius 1 is 1.09 bits per heavy atom. The molecule has 0 aliphatic rings. The van der Waals surface area contributed by atoms with Gasteiger partial charge in [0.2, 0.25) is 0 Å². The van der Waals surface area contributed by atoms with Crippen LogP contribution in [0.3, 0.4) is 0 Å². The Kier molecular flexibility index (Phi) is 4.36. The molecule has 0 saturated carbocycles. The van der Waals surface area contributed by atoms with Crippen molar-refractivity contribution in [2.24, 2.45) is 5.73 Å². The fourth-order valence-electron chi connectivity index (χ4n) is 2.69. The number of nitrogens with zero attached hydrogens (tertiary/aromatic N) is 1. The van der Waals surface area contributed by atoms with Gasteiger partial charge in [0.15, 0.2) is 0 Å². The third-order valence-corrected chi connectivity index (χ3v) is 4.71. The molecule has 22 heavy (non-hydrogen) atoms. The molecule has 0 amide bonds. The van der Waals surface area contributed by atoms with Gasteiger partial charge in [-0.05, 0) is 25.0 Å². The first kappa shape index (κ1) is 14.9. The molecule has 2 aromatic carbocycles. The molecule has 1 aromatic heterocycles. The van der Waals surface area contributed by atoms with Gasteiger partial charge in [-0.1, -0.05) is 54.1 Å². The van der Waals surface area contributed by atoms with Crippen molar-refractivity contribution in [2.45, 2.75) is 26.3 Å². The van der Waals surface area contributed by atoms with Crippen LogP contribution in [-0.2, 0) is 6.42 Å². The van der Waals surface area contributed by atoms with Crippen molar-refractivity contribution in [3.63, 3.8) is 0 Å². The Labute approximate surface area is 135 Å². The van der Waals surface area contributed by atoms with Crippen LogP contribution in [0, 0.1) is 13.8 Å². The van der Waals surface area contributed by atoms with Crippen LogP contribution in [0.15, 0.2) is 53.9 Å². The van der Waals surface area contributed by atoms with Gasteiger partial charge in [-0.2, -0.15) is 0 Å². The van der Waals surface area contributed by atoms with Crippen molar-refractivity contribution in [1.29, 1.82) is 0 Å². The van der Waals surface area contributed by atoms with E-state index in [2.05, 4.69) is 49.6 Å². The van der Waals surface area contributed by atoms with Gasteiger partial charge < -0.3 is 5.73 Å². The fourth-order valence-corrected chi connectivity index (χ4v) is 3.55. The summed E-state index contributed by atoms with van der Waals surface area (Å²) in [7, 11) is 0. The minimum atomic E-state index is -0.00428. The summed E-state index contributed by atoms with van der Waals surface area (Å²) in [5.74, 6) is 0. The SMILES string of the molecule is Cc1ccc(C(N)Cc2nc(-c3ccccc3)cs2)c(C)c1. The predicted octanol–water partition coefficient (Wildman–Crippen LogP) is 4.67. The number of hydrogen-bond donors (Lipinski definition) is 1. The summed E-state index contributed by atoms with van der Waals surface area (Å²) >= 11 is 1.69. The van der Waals surface area contributed by atoms with E-state index in [9.17, 15) is 0 Å². The van der Waals surface area contributed by atoms with Crippen LogP contribution < -0.4 is 5.73 Å². The van der Waals surface area contributed by atoms with Gasteiger partial charge in [0, 0.05) is 23.4 Å². The molecule has 0 aliphatic carbocycles. The average Bonchev–Trinajstić information content (AvgIpc) is 2.96. The minimum absolute atomic E-state index is 0.00428. The largest absolute Gasteiger partial charge is 0.324 e. The summed E-state index contributed by atoms with van der Waals surface area (Å²) in [6.07, 6.45) is 0.779. The third kappa shape index (κ3) is 3.26. The Morgan fingerprint density at radius 3 is 2.59 bits per heavy atom. The van der Waals surface area contributed by atoms with Crippen LogP contribution in [0.4, 0.5) is 0 Å². The van der Waals surface area contributed by atoms with E-state index in [0.717, 1.165) is 22.7 Å². The van der Waals surface area contributed by atoms with Crippen LogP contribution in [0.2, 0.25) is 0 Å². The van der Waals surface area contributed by atoms with Crippen molar-refractivity contribution in [3.8, 4) is 11.3 Å². The maximum atomic E-state index is 6.39. The lowest BCUT2D eigenvalue weighted by atomic mass is 9.98. The molecule has 1 unspecified atom stereocenters. The van der Waals surface area contributed by atoms with E-state index >= 15 is 0 Å². The monoisotopic (exact) mass is 308 g/mol. The molecular formula is C19H20N2S. The smallest absolute Gasteiger partial charge is 0.0951 e. The zero-order valence-corrected chi connectivity index (χ0v) is 13.7. The second-order valence-electron chi connectivity index (χ2n) is 5.66. The molecule has 0 saturated heterocycles. The molecule has 1 atom stereocenters. The first-order valence-corrected chi connectivity index (χ1v) is 8.34. The van der Waals surface area contributed by atoms with Crippen LogP contribution in [0.5, 0.6) is 0 Å². The molecule has 3 rings (SSSR count). The predicted molar refractivity (Wildman–Crippen MR) is 94.1 cm³/mol. The molecule has 0 fully saturated rings. The molecule has 0 spiro atoms.